The van der Waals surface area contributed by atoms with E-state index in [1.54, 1.807) is 7.11 Å². The van der Waals surface area contributed by atoms with Gasteiger partial charge in [-0.05, 0) is 31.5 Å². The third kappa shape index (κ3) is 3.11. The molecular formula is C13H20N2O2. The predicted octanol–water partition coefficient (Wildman–Crippen LogP) is 1.22. The summed E-state index contributed by atoms with van der Waals surface area (Å²) in [5.74, 6) is 0.805. The minimum absolute atomic E-state index is 0.542. The fraction of sp³-hybridized carbons (Fsp3) is 0.538. The molecule has 0 saturated carbocycles. The van der Waals surface area contributed by atoms with Crippen molar-refractivity contribution in [3.05, 3.63) is 24.3 Å². The topological polar surface area (TPSA) is 53.5 Å². The van der Waals surface area contributed by atoms with Gasteiger partial charge in [0.1, 0.15) is 5.75 Å². The second kappa shape index (κ2) is 5.38. The second-order valence-corrected chi connectivity index (χ2v) is 4.56. The number of hydrogen-bond acceptors (Lipinski definition) is 4. The minimum atomic E-state index is -0.654. The zero-order valence-electron chi connectivity index (χ0n) is 10.2. The van der Waals surface area contributed by atoms with Crippen LogP contribution in [0.1, 0.15) is 12.8 Å². The summed E-state index contributed by atoms with van der Waals surface area (Å²) in [5, 5.41) is 16.8. The SMILES string of the molecule is COc1ccccc1NCC1(O)CCCNC1. The number of nitrogens with one attached hydrogen (secondary N) is 2. The van der Waals surface area contributed by atoms with Crippen molar-refractivity contribution in [1.29, 1.82) is 0 Å². The van der Waals surface area contributed by atoms with Crippen LogP contribution >= 0.6 is 0 Å². The van der Waals surface area contributed by atoms with Crippen LogP contribution in [0.15, 0.2) is 24.3 Å². The molecule has 1 saturated heterocycles. The lowest BCUT2D eigenvalue weighted by Gasteiger charge is -2.33. The van der Waals surface area contributed by atoms with Gasteiger partial charge in [0, 0.05) is 13.1 Å². The van der Waals surface area contributed by atoms with E-state index in [1.807, 2.05) is 24.3 Å². The molecule has 1 aromatic rings. The van der Waals surface area contributed by atoms with E-state index in [9.17, 15) is 5.11 Å². The average Bonchev–Trinajstić information content (AvgIpc) is 2.38. The number of hydrogen-bond donors (Lipinski definition) is 3. The van der Waals surface area contributed by atoms with Crippen molar-refractivity contribution in [1.82, 2.24) is 5.32 Å². The molecule has 0 bridgehead atoms. The highest BCUT2D eigenvalue weighted by Gasteiger charge is 2.28. The van der Waals surface area contributed by atoms with Gasteiger partial charge in [0.25, 0.3) is 0 Å². The van der Waals surface area contributed by atoms with Crippen LogP contribution < -0.4 is 15.4 Å². The van der Waals surface area contributed by atoms with Crippen molar-refractivity contribution in [2.24, 2.45) is 0 Å². The van der Waals surface area contributed by atoms with Gasteiger partial charge in [-0.25, -0.2) is 0 Å². The molecule has 0 amide bonds. The quantitative estimate of drug-likeness (QED) is 0.736. The van der Waals surface area contributed by atoms with Gasteiger partial charge in [-0.3, -0.25) is 0 Å². The zero-order valence-corrected chi connectivity index (χ0v) is 10.2. The highest BCUT2D eigenvalue weighted by molar-refractivity contribution is 5.56. The number of β-amino-alcohol motifs (C(OH)–C–C–N with tert-alkyl or cyclic N) is 1. The number of methoxy groups -OCH3 is 1. The summed E-state index contributed by atoms with van der Waals surface area (Å²) < 4.78 is 5.26. The zero-order chi connectivity index (χ0) is 12.1. The van der Waals surface area contributed by atoms with Crippen LogP contribution in [0.3, 0.4) is 0 Å². The normalized spacial score (nSPS) is 24.4. The van der Waals surface area contributed by atoms with E-state index in [-0.39, 0.29) is 0 Å². The molecule has 1 aliphatic rings. The second-order valence-electron chi connectivity index (χ2n) is 4.56. The number of para-hydroxylation sites is 2. The van der Waals surface area contributed by atoms with Crippen molar-refractivity contribution in [2.45, 2.75) is 18.4 Å². The first-order valence-corrected chi connectivity index (χ1v) is 6.03. The molecule has 0 radical (unpaired) electrons. The third-order valence-corrected chi connectivity index (χ3v) is 3.16. The van der Waals surface area contributed by atoms with Crippen LogP contribution in [0.4, 0.5) is 5.69 Å². The molecule has 1 aliphatic heterocycles. The monoisotopic (exact) mass is 236 g/mol. The summed E-state index contributed by atoms with van der Waals surface area (Å²) in [4.78, 5) is 0. The standard InChI is InChI=1S/C13H20N2O2/c1-17-12-6-3-2-5-11(12)15-10-13(16)7-4-8-14-9-13/h2-3,5-6,14-16H,4,7-10H2,1H3. The molecule has 4 heteroatoms. The maximum Gasteiger partial charge on any atom is 0.141 e. The van der Waals surface area contributed by atoms with Gasteiger partial charge in [-0.15, -0.1) is 0 Å². The Hall–Kier alpha value is -1.26. The van der Waals surface area contributed by atoms with Crippen molar-refractivity contribution in [3.63, 3.8) is 0 Å². The lowest BCUT2D eigenvalue weighted by Crippen LogP contribution is -2.50. The maximum atomic E-state index is 10.3. The fourth-order valence-electron chi connectivity index (χ4n) is 2.15. The smallest absolute Gasteiger partial charge is 0.141 e. The van der Waals surface area contributed by atoms with Crippen LogP contribution in [0, 0.1) is 0 Å². The van der Waals surface area contributed by atoms with Gasteiger partial charge in [0.2, 0.25) is 0 Å². The Morgan fingerprint density at radius 1 is 1.47 bits per heavy atom. The Bertz CT molecular complexity index is 362. The average molecular weight is 236 g/mol. The van der Waals surface area contributed by atoms with E-state index < -0.39 is 5.60 Å². The molecule has 0 spiro atoms. The molecule has 1 heterocycles. The maximum absolute atomic E-state index is 10.3. The highest BCUT2D eigenvalue weighted by atomic mass is 16.5. The largest absolute Gasteiger partial charge is 0.495 e. The molecule has 0 aliphatic carbocycles. The molecule has 0 aromatic heterocycles. The van der Waals surface area contributed by atoms with Gasteiger partial charge < -0.3 is 20.5 Å². The van der Waals surface area contributed by atoms with Gasteiger partial charge in [0.15, 0.2) is 0 Å². The molecule has 1 unspecified atom stereocenters. The highest BCUT2D eigenvalue weighted by Crippen LogP contribution is 2.24. The molecule has 4 nitrogen and oxygen atoms in total. The first kappa shape index (κ1) is 12.2. The number of rotatable bonds is 4. The molecule has 2 rings (SSSR count). The summed E-state index contributed by atoms with van der Waals surface area (Å²) in [6.45, 7) is 2.19. The summed E-state index contributed by atoms with van der Waals surface area (Å²) in [5.41, 5.74) is 0.271. The van der Waals surface area contributed by atoms with E-state index >= 15 is 0 Å². The molecule has 1 fully saturated rings. The van der Waals surface area contributed by atoms with Crippen LogP contribution in [-0.4, -0.2) is 37.5 Å². The van der Waals surface area contributed by atoms with Crippen molar-refractivity contribution < 1.29 is 9.84 Å². The van der Waals surface area contributed by atoms with Crippen LogP contribution in [0.2, 0.25) is 0 Å². The Labute approximate surface area is 102 Å². The minimum Gasteiger partial charge on any atom is -0.495 e. The Morgan fingerprint density at radius 3 is 3.00 bits per heavy atom. The lowest BCUT2D eigenvalue weighted by molar-refractivity contribution is 0.0292. The molecule has 17 heavy (non-hydrogen) atoms. The third-order valence-electron chi connectivity index (χ3n) is 3.16. The molecular weight excluding hydrogens is 216 g/mol. The number of benzene rings is 1. The van der Waals surface area contributed by atoms with Gasteiger partial charge in [-0.2, -0.15) is 0 Å². The number of aliphatic hydroxyl groups is 1. The molecule has 1 atom stereocenters. The van der Waals surface area contributed by atoms with Crippen LogP contribution in [-0.2, 0) is 0 Å². The number of anilines is 1. The van der Waals surface area contributed by atoms with Crippen molar-refractivity contribution in [3.8, 4) is 5.75 Å². The summed E-state index contributed by atoms with van der Waals surface area (Å²) in [7, 11) is 1.65. The Kier molecular flexibility index (Phi) is 3.86. The molecule has 3 N–H and O–H groups in total. The van der Waals surface area contributed by atoms with Crippen LogP contribution in [0.25, 0.3) is 0 Å². The molecule has 1 aromatic carbocycles. The number of piperidine rings is 1. The Balaban J connectivity index is 1.96. The van der Waals surface area contributed by atoms with Crippen molar-refractivity contribution >= 4 is 5.69 Å². The first-order valence-electron chi connectivity index (χ1n) is 6.03. The van der Waals surface area contributed by atoms with E-state index in [0.717, 1.165) is 30.8 Å². The first-order chi connectivity index (χ1) is 8.23. The number of ether oxygens (including phenoxy) is 1. The van der Waals surface area contributed by atoms with Gasteiger partial charge >= 0.3 is 0 Å². The van der Waals surface area contributed by atoms with E-state index in [1.165, 1.54) is 0 Å². The van der Waals surface area contributed by atoms with E-state index in [2.05, 4.69) is 10.6 Å². The van der Waals surface area contributed by atoms with Gasteiger partial charge in [-0.1, -0.05) is 12.1 Å². The summed E-state index contributed by atoms with van der Waals surface area (Å²) in [6, 6.07) is 7.75. The predicted molar refractivity (Wildman–Crippen MR) is 68.5 cm³/mol. The van der Waals surface area contributed by atoms with E-state index in [4.69, 9.17) is 4.74 Å². The van der Waals surface area contributed by atoms with E-state index in [0.29, 0.717) is 13.1 Å². The fourth-order valence-corrected chi connectivity index (χ4v) is 2.15. The van der Waals surface area contributed by atoms with Crippen LogP contribution in [0.5, 0.6) is 5.75 Å². The van der Waals surface area contributed by atoms with Crippen molar-refractivity contribution in [2.75, 3.05) is 32.1 Å². The van der Waals surface area contributed by atoms with Gasteiger partial charge in [0.05, 0.1) is 18.4 Å². The lowest BCUT2D eigenvalue weighted by atomic mass is 9.94. The summed E-state index contributed by atoms with van der Waals surface area (Å²) in [6.07, 6.45) is 1.85. The Morgan fingerprint density at radius 2 is 2.29 bits per heavy atom. The molecule has 94 valence electrons. The summed E-state index contributed by atoms with van der Waals surface area (Å²) >= 11 is 0.